The van der Waals surface area contributed by atoms with Gasteiger partial charge in [0, 0.05) is 24.8 Å². The minimum atomic E-state index is -0.111. The number of hydrogen-bond acceptors (Lipinski definition) is 4. The fourth-order valence-electron chi connectivity index (χ4n) is 2.54. The molecule has 3 rings (SSSR count). The number of aryl methyl sites for hydroxylation is 1. The van der Waals surface area contributed by atoms with E-state index in [1.54, 1.807) is 6.20 Å². The summed E-state index contributed by atoms with van der Waals surface area (Å²) in [6, 6.07) is 11.3. The third-order valence-corrected chi connectivity index (χ3v) is 3.74. The molecule has 5 nitrogen and oxygen atoms in total. The van der Waals surface area contributed by atoms with E-state index in [1.807, 2.05) is 43.3 Å². The standard InChI is InChI=1S/C17H19N3O2/c1-13-5-2-3-6-14(13)17(21)19-15-7-4-8-18-16(15)20-9-11-22-12-10-20/h2-8H,9-12H2,1H3,(H,19,21). The van der Waals surface area contributed by atoms with Crippen molar-refractivity contribution in [2.75, 3.05) is 36.5 Å². The highest BCUT2D eigenvalue weighted by atomic mass is 16.5. The molecule has 1 fully saturated rings. The fraction of sp³-hybridized carbons (Fsp3) is 0.294. The van der Waals surface area contributed by atoms with Gasteiger partial charge < -0.3 is 15.0 Å². The molecule has 0 atom stereocenters. The van der Waals surface area contributed by atoms with Crippen LogP contribution in [0.15, 0.2) is 42.6 Å². The molecule has 2 aromatic rings. The second kappa shape index (κ2) is 6.58. The zero-order valence-corrected chi connectivity index (χ0v) is 12.6. The molecule has 1 aliphatic heterocycles. The van der Waals surface area contributed by atoms with Crippen LogP contribution in [-0.4, -0.2) is 37.2 Å². The minimum Gasteiger partial charge on any atom is -0.378 e. The van der Waals surface area contributed by atoms with Gasteiger partial charge in [0.15, 0.2) is 5.82 Å². The van der Waals surface area contributed by atoms with E-state index in [9.17, 15) is 4.79 Å². The highest BCUT2D eigenvalue weighted by molar-refractivity contribution is 6.06. The Kier molecular flexibility index (Phi) is 4.34. The number of carbonyl (C=O) groups excluding carboxylic acids is 1. The number of carbonyl (C=O) groups is 1. The van der Waals surface area contributed by atoms with E-state index in [1.165, 1.54) is 0 Å². The van der Waals surface area contributed by atoms with Crippen molar-refractivity contribution < 1.29 is 9.53 Å². The SMILES string of the molecule is Cc1ccccc1C(=O)Nc1cccnc1N1CCOCC1. The normalized spacial score (nSPS) is 14.7. The van der Waals surface area contributed by atoms with Gasteiger partial charge in [0.25, 0.3) is 5.91 Å². The van der Waals surface area contributed by atoms with E-state index in [-0.39, 0.29) is 5.91 Å². The average Bonchev–Trinajstić information content (AvgIpc) is 2.56. The third-order valence-electron chi connectivity index (χ3n) is 3.74. The molecular formula is C17H19N3O2. The summed E-state index contributed by atoms with van der Waals surface area (Å²) in [5, 5.41) is 2.98. The first-order valence-corrected chi connectivity index (χ1v) is 7.40. The van der Waals surface area contributed by atoms with Gasteiger partial charge in [0.05, 0.1) is 18.9 Å². The lowest BCUT2D eigenvalue weighted by molar-refractivity contribution is 0.102. The molecule has 0 radical (unpaired) electrons. The molecular weight excluding hydrogens is 278 g/mol. The number of rotatable bonds is 3. The summed E-state index contributed by atoms with van der Waals surface area (Å²) in [6.07, 6.45) is 1.74. The number of pyridine rings is 1. The topological polar surface area (TPSA) is 54.5 Å². The van der Waals surface area contributed by atoms with E-state index in [2.05, 4.69) is 15.2 Å². The van der Waals surface area contributed by atoms with Crippen molar-refractivity contribution in [3.63, 3.8) is 0 Å². The number of anilines is 2. The van der Waals surface area contributed by atoms with Crippen LogP contribution in [0.3, 0.4) is 0 Å². The Labute approximate surface area is 129 Å². The molecule has 1 aromatic heterocycles. The lowest BCUT2D eigenvalue weighted by Crippen LogP contribution is -2.37. The molecule has 2 heterocycles. The molecule has 0 unspecified atom stereocenters. The van der Waals surface area contributed by atoms with Gasteiger partial charge in [-0.1, -0.05) is 18.2 Å². The van der Waals surface area contributed by atoms with Crippen molar-refractivity contribution in [1.29, 1.82) is 0 Å². The van der Waals surface area contributed by atoms with Crippen molar-refractivity contribution in [1.82, 2.24) is 4.98 Å². The van der Waals surface area contributed by atoms with Crippen LogP contribution in [0.2, 0.25) is 0 Å². The van der Waals surface area contributed by atoms with Gasteiger partial charge in [-0.05, 0) is 30.7 Å². The molecule has 0 aliphatic carbocycles. The van der Waals surface area contributed by atoms with Crippen molar-refractivity contribution in [3.8, 4) is 0 Å². The Morgan fingerprint density at radius 2 is 1.95 bits per heavy atom. The third kappa shape index (κ3) is 3.09. The van der Waals surface area contributed by atoms with Crippen molar-refractivity contribution in [2.45, 2.75) is 6.92 Å². The maximum Gasteiger partial charge on any atom is 0.256 e. The number of hydrogen-bond donors (Lipinski definition) is 1. The zero-order valence-electron chi connectivity index (χ0n) is 12.6. The van der Waals surface area contributed by atoms with Gasteiger partial charge in [0.1, 0.15) is 0 Å². The molecule has 1 aromatic carbocycles. The van der Waals surface area contributed by atoms with Crippen LogP contribution in [0.5, 0.6) is 0 Å². The molecule has 1 N–H and O–H groups in total. The molecule has 1 amide bonds. The molecule has 0 saturated carbocycles. The highest BCUT2D eigenvalue weighted by Gasteiger charge is 2.18. The monoisotopic (exact) mass is 297 g/mol. The Bertz CT molecular complexity index is 666. The summed E-state index contributed by atoms with van der Waals surface area (Å²) in [4.78, 5) is 19.1. The predicted octanol–water partition coefficient (Wildman–Crippen LogP) is 2.48. The fourth-order valence-corrected chi connectivity index (χ4v) is 2.54. The first-order chi connectivity index (χ1) is 10.8. The van der Waals surface area contributed by atoms with Crippen molar-refractivity contribution >= 4 is 17.4 Å². The first kappa shape index (κ1) is 14.5. The van der Waals surface area contributed by atoms with E-state index < -0.39 is 0 Å². The number of nitrogens with one attached hydrogen (secondary N) is 1. The van der Waals surface area contributed by atoms with Crippen LogP contribution < -0.4 is 10.2 Å². The van der Waals surface area contributed by atoms with Gasteiger partial charge in [0.2, 0.25) is 0 Å². The molecule has 1 aliphatic rings. The van der Waals surface area contributed by atoms with Gasteiger partial charge in [-0.3, -0.25) is 4.79 Å². The average molecular weight is 297 g/mol. The highest BCUT2D eigenvalue weighted by Crippen LogP contribution is 2.24. The summed E-state index contributed by atoms with van der Waals surface area (Å²) in [7, 11) is 0. The molecule has 5 heteroatoms. The second-order valence-electron chi connectivity index (χ2n) is 5.24. The number of amides is 1. The summed E-state index contributed by atoms with van der Waals surface area (Å²) < 4.78 is 5.37. The number of benzene rings is 1. The quantitative estimate of drug-likeness (QED) is 0.945. The number of nitrogens with zero attached hydrogens (tertiary/aromatic N) is 2. The van der Waals surface area contributed by atoms with Crippen molar-refractivity contribution in [3.05, 3.63) is 53.7 Å². The number of aromatic nitrogens is 1. The van der Waals surface area contributed by atoms with Gasteiger partial charge >= 0.3 is 0 Å². The van der Waals surface area contributed by atoms with E-state index >= 15 is 0 Å². The Morgan fingerprint density at radius 3 is 2.73 bits per heavy atom. The number of morpholine rings is 1. The van der Waals surface area contributed by atoms with Gasteiger partial charge in [-0.15, -0.1) is 0 Å². The summed E-state index contributed by atoms with van der Waals surface area (Å²) in [6.45, 7) is 4.86. The Balaban J connectivity index is 1.83. The maximum atomic E-state index is 12.5. The first-order valence-electron chi connectivity index (χ1n) is 7.40. The predicted molar refractivity (Wildman–Crippen MR) is 86.4 cm³/mol. The van der Waals surface area contributed by atoms with Crippen LogP contribution in [0.25, 0.3) is 0 Å². The molecule has 1 saturated heterocycles. The van der Waals surface area contributed by atoms with Crippen LogP contribution in [0.4, 0.5) is 11.5 Å². The lowest BCUT2D eigenvalue weighted by Gasteiger charge is -2.29. The van der Waals surface area contributed by atoms with E-state index in [0.717, 1.165) is 30.2 Å². The van der Waals surface area contributed by atoms with Crippen LogP contribution >= 0.6 is 0 Å². The second-order valence-corrected chi connectivity index (χ2v) is 5.24. The van der Waals surface area contributed by atoms with E-state index in [0.29, 0.717) is 18.8 Å². The number of ether oxygens (including phenoxy) is 1. The Hall–Kier alpha value is -2.40. The summed E-state index contributed by atoms with van der Waals surface area (Å²) in [5.41, 5.74) is 2.37. The molecule has 114 valence electrons. The van der Waals surface area contributed by atoms with Crippen LogP contribution in [0.1, 0.15) is 15.9 Å². The smallest absolute Gasteiger partial charge is 0.256 e. The summed E-state index contributed by atoms with van der Waals surface area (Å²) in [5.74, 6) is 0.688. The minimum absolute atomic E-state index is 0.111. The van der Waals surface area contributed by atoms with Crippen molar-refractivity contribution in [2.24, 2.45) is 0 Å². The zero-order chi connectivity index (χ0) is 15.4. The molecule has 0 spiro atoms. The molecule has 22 heavy (non-hydrogen) atoms. The Morgan fingerprint density at radius 1 is 1.18 bits per heavy atom. The lowest BCUT2D eigenvalue weighted by atomic mass is 10.1. The largest absolute Gasteiger partial charge is 0.378 e. The van der Waals surface area contributed by atoms with Gasteiger partial charge in [-0.2, -0.15) is 0 Å². The van der Waals surface area contributed by atoms with Crippen LogP contribution in [0, 0.1) is 6.92 Å². The summed E-state index contributed by atoms with van der Waals surface area (Å²) >= 11 is 0. The maximum absolute atomic E-state index is 12.5. The van der Waals surface area contributed by atoms with Gasteiger partial charge in [-0.25, -0.2) is 4.98 Å². The van der Waals surface area contributed by atoms with Crippen LogP contribution in [-0.2, 0) is 4.74 Å². The van der Waals surface area contributed by atoms with E-state index in [4.69, 9.17) is 4.74 Å². The molecule has 0 bridgehead atoms.